The molecule has 3 rings (SSSR count). The second kappa shape index (κ2) is 8.14. The van der Waals surface area contributed by atoms with Crippen molar-refractivity contribution in [2.45, 2.75) is 26.4 Å². The minimum atomic E-state index is -0.348. The number of aromatic hydroxyl groups is 1. The lowest BCUT2D eigenvalue weighted by atomic mass is 10.1. The van der Waals surface area contributed by atoms with E-state index >= 15 is 0 Å². The van der Waals surface area contributed by atoms with Gasteiger partial charge in [0, 0.05) is 23.1 Å². The molecule has 4 N–H and O–H groups in total. The average molecular weight is 367 g/mol. The molecule has 0 fully saturated rings. The van der Waals surface area contributed by atoms with Crippen LogP contribution >= 0.6 is 0 Å². The van der Waals surface area contributed by atoms with Crippen LogP contribution in [0.2, 0.25) is 0 Å². The smallest absolute Gasteiger partial charge is 0.237 e. The van der Waals surface area contributed by atoms with Gasteiger partial charge in [0.25, 0.3) is 0 Å². The Morgan fingerprint density at radius 2 is 2.04 bits per heavy atom. The molecule has 0 aliphatic rings. The van der Waals surface area contributed by atoms with Crippen molar-refractivity contribution in [1.82, 2.24) is 9.88 Å². The molecule has 1 aromatic heterocycles. The topological polar surface area (TPSA) is 89.5 Å². The van der Waals surface area contributed by atoms with Gasteiger partial charge in [-0.2, -0.15) is 0 Å². The second-order valence-electron chi connectivity index (χ2n) is 6.57. The molecule has 0 aliphatic heterocycles. The van der Waals surface area contributed by atoms with E-state index in [1.165, 1.54) is 5.56 Å². The Morgan fingerprint density at radius 3 is 2.78 bits per heavy atom. The average Bonchev–Trinajstić information content (AvgIpc) is 2.91. The first kappa shape index (κ1) is 18.8. The number of nitrogens with two attached hydrogens (primary N) is 1. The number of nitrogens with zero attached hydrogens (tertiary/aromatic N) is 1. The molecule has 6 nitrogen and oxygen atoms in total. The first-order valence-electron chi connectivity index (χ1n) is 8.93. The van der Waals surface area contributed by atoms with Gasteiger partial charge in [0.15, 0.2) is 11.5 Å². The fourth-order valence-corrected chi connectivity index (χ4v) is 3.41. The summed E-state index contributed by atoms with van der Waals surface area (Å²) in [6, 6.07) is 13.4. The number of para-hydroxylation sites is 1. The maximum Gasteiger partial charge on any atom is 0.237 e. The highest BCUT2D eigenvalue weighted by Crippen LogP contribution is 2.27. The number of carbonyl (C=O) groups excluding carboxylic acids is 1. The summed E-state index contributed by atoms with van der Waals surface area (Å²) in [5.74, 6) is 0.282. The number of carbonyl (C=O) groups is 1. The number of hydrogen-bond donors (Lipinski definition) is 3. The summed E-state index contributed by atoms with van der Waals surface area (Å²) in [6.07, 6.45) is 0.815. The molecule has 0 aliphatic carbocycles. The summed E-state index contributed by atoms with van der Waals surface area (Å²) < 4.78 is 7.12. The number of nitrogens with one attached hydrogen (secondary N) is 1. The number of aromatic nitrogens is 1. The van der Waals surface area contributed by atoms with Crippen LogP contribution in [0.1, 0.15) is 16.8 Å². The van der Waals surface area contributed by atoms with Crippen LogP contribution in [0.15, 0.2) is 42.5 Å². The third-order valence-electron chi connectivity index (χ3n) is 4.81. The molecule has 0 bridgehead atoms. The fourth-order valence-electron chi connectivity index (χ4n) is 3.41. The Balaban J connectivity index is 1.70. The first-order chi connectivity index (χ1) is 13.0. The SMILES string of the molecule is COc1cc(CCNCc2c(C)n(CC(N)=O)c3ccccc23)ccc1O. The maximum atomic E-state index is 11.4. The molecule has 6 heteroatoms. The lowest BCUT2D eigenvalue weighted by molar-refractivity contribution is -0.118. The predicted molar refractivity (Wildman–Crippen MR) is 106 cm³/mol. The Kier molecular flexibility index (Phi) is 5.66. The van der Waals surface area contributed by atoms with E-state index in [9.17, 15) is 9.90 Å². The van der Waals surface area contributed by atoms with E-state index in [0.29, 0.717) is 12.3 Å². The Hall–Kier alpha value is -2.99. The van der Waals surface area contributed by atoms with Crippen molar-refractivity contribution in [3.05, 3.63) is 59.3 Å². The monoisotopic (exact) mass is 367 g/mol. The van der Waals surface area contributed by atoms with Gasteiger partial charge in [-0.3, -0.25) is 4.79 Å². The van der Waals surface area contributed by atoms with Gasteiger partial charge in [-0.15, -0.1) is 0 Å². The predicted octanol–water partition coefficient (Wildman–Crippen LogP) is 2.48. The normalized spacial score (nSPS) is 11.0. The van der Waals surface area contributed by atoms with E-state index in [2.05, 4.69) is 11.4 Å². The van der Waals surface area contributed by atoms with Crippen LogP contribution in [-0.2, 0) is 24.3 Å². The van der Waals surface area contributed by atoms with Crippen LogP contribution in [0.3, 0.4) is 0 Å². The number of phenols is 1. The number of phenolic OH excluding ortho intramolecular Hbond substituents is 1. The standard InChI is InChI=1S/C21H25N3O3/c1-14-17(16-5-3-4-6-18(16)24(14)13-21(22)26)12-23-10-9-15-7-8-19(25)20(11-15)27-2/h3-8,11,23,25H,9-10,12-13H2,1-2H3,(H2,22,26). The van der Waals surface area contributed by atoms with Gasteiger partial charge in [0.1, 0.15) is 6.54 Å². The van der Waals surface area contributed by atoms with Gasteiger partial charge in [-0.05, 0) is 49.2 Å². The van der Waals surface area contributed by atoms with Crippen molar-refractivity contribution in [3.63, 3.8) is 0 Å². The molecule has 1 heterocycles. The van der Waals surface area contributed by atoms with Gasteiger partial charge in [0.2, 0.25) is 5.91 Å². The summed E-state index contributed by atoms with van der Waals surface area (Å²) in [4.78, 5) is 11.4. The van der Waals surface area contributed by atoms with Crippen LogP contribution in [-0.4, -0.2) is 29.2 Å². The molecule has 0 unspecified atom stereocenters. The lowest BCUT2D eigenvalue weighted by Crippen LogP contribution is -2.20. The molecule has 1 amide bonds. The number of methoxy groups -OCH3 is 1. The van der Waals surface area contributed by atoms with E-state index in [1.807, 2.05) is 41.8 Å². The second-order valence-corrected chi connectivity index (χ2v) is 6.57. The van der Waals surface area contributed by atoms with Crippen LogP contribution in [0, 0.1) is 6.92 Å². The Bertz CT molecular complexity index is 963. The van der Waals surface area contributed by atoms with Gasteiger partial charge in [-0.1, -0.05) is 24.3 Å². The maximum absolute atomic E-state index is 11.4. The van der Waals surface area contributed by atoms with Gasteiger partial charge < -0.3 is 25.5 Å². The minimum absolute atomic E-state index is 0.145. The summed E-state index contributed by atoms with van der Waals surface area (Å²) in [5.41, 5.74) is 9.75. The van der Waals surface area contributed by atoms with Crippen LogP contribution in [0.25, 0.3) is 10.9 Å². The molecule has 3 aromatic rings. The van der Waals surface area contributed by atoms with Crippen LogP contribution < -0.4 is 15.8 Å². The largest absolute Gasteiger partial charge is 0.504 e. The summed E-state index contributed by atoms with van der Waals surface area (Å²) in [6.45, 7) is 3.68. The summed E-state index contributed by atoms with van der Waals surface area (Å²) in [5, 5.41) is 14.3. The molecule has 0 saturated heterocycles. The highest BCUT2D eigenvalue weighted by Gasteiger charge is 2.14. The number of ether oxygens (including phenoxy) is 1. The van der Waals surface area contributed by atoms with Gasteiger partial charge in [0.05, 0.1) is 7.11 Å². The van der Waals surface area contributed by atoms with Crippen molar-refractivity contribution in [2.24, 2.45) is 5.73 Å². The minimum Gasteiger partial charge on any atom is -0.504 e. The quantitative estimate of drug-likeness (QED) is 0.534. The zero-order valence-electron chi connectivity index (χ0n) is 15.7. The van der Waals surface area contributed by atoms with Crippen molar-refractivity contribution in [1.29, 1.82) is 0 Å². The first-order valence-corrected chi connectivity index (χ1v) is 8.93. The molecule has 0 saturated carbocycles. The molecule has 27 heavy (non-hydrogen) atoms. The molecule has 0 radical (unpaired) electrons. The van der Waals surface area contributed by atoms with Crippen molar-refractivity contribution < 1.29 is 14.6 Å². The molecule has 0 atom stereocenters. The molecular formula is C21H25N3O3. The van der Waals surface area contributed by atoms with E-state index in [4.69, 9.17) is 10.5 Å². The summed E-state index contributed by atoms with van der Waals surface area (Å²) in [7, 11) is 1.54. The zero-order valence-corrected chi connectivity index (χ0v) is 15.7. The van der Waals surface area contributed by atoms with E-state index < -0.39 is 0 Å². The highest BCUT2D eigenvalue weighted by atomic mass is 16.5. The lowest BCUT2D eigenvalue weighted by Gasteiger charge is -2.09. The fraction of sp³-hybridized carbons (Fsp3) is 0.286. The van der Waals surface area contributed by atoms with Gasteiger partial charge in [-0.25, -0.2) is 0 Å². The molecule has 2 aromatic carbocycles. The third kappa shape index (κ3) is 4.06. The Morgan fingerprint density at radius 1 is 1.26 bits per heavy atom. The van der Waals surface area contributed by atoms with Crippen molar-refractivity contribution >= 4 is 16.8 Å². The van der Waals surface area contributed by atoms with E-state index in [1.54, 1.807) is 13.2 Å². The number of hydrogen-bond acceptors (Lipinski definition) is 4. The van der Waals surface area contributed by atoms with Gasteiger partial charge >= 0.3 is 0 Å². The zero-order chi connectivity index (χ0) is 19.4. The summed E-state index contributed by atoms with van der Waals surface area (Å²) >= 11 is 0. The number of fused-ring (bicyclic) bond motifs is 1. The van der Waals surface area contributed by atoms with Crippen molar-refractivity contribution in [3.8, 4) is 11.5 Å². The van der Waals surface area contributed by atoms with Crippen molar-refractivity contribution in [2.75, 3.05) is 13.7 Å². The molecule has 142 valence electrons. The number of primary amides is 1. The third-order valence-corrected chi connectivity index (χ3v) is 4.81. The Labute approximate surface area is 158 Å². The molecule has 0 spiro atoms. The van der Waals surface area contributed by atoms with E-state index in [0.717, 1.165) is 35.1 Å². The highest BCUT2D eigenvalue weighted by molar-refractivity contribution is 5.87. The van der Waals surface area contributed by atoms with E-state index in [-0.39, 0.29) is 18.2 Å². The van der Waals surface area contributed by atoms with Crippen LogP contribution in [0.5, 0.6) is 11.5 Å². The number of amides is 1. The number of benzene rings is 2. The number of rotatable bonds is 8. The van der Waals surface area contributed by atoms with Crippen LogP contribution in [0.4, 0.5) is 0 Å². The molecular weight excluding hydrogens is 342 g/mol.